The second-order valence-corrected chi connectivity index (χ2v) is 7.01. The van der Waals surface area contributed by atoms with Crippen molar-refractivity contribution in [3.8, 4) is 17.2 Å². The Bertz CT molecular complexity index is 966. The lowest BCUT2D eigenvalue weighted by atomic mass is 9.95. The van der Waals surface area contributed by atoms with Crippen molar-refractivity contribution in [2.24, 2.45) is 0 Å². The van der Waals surface area contributed by atoms with E-state index < -0.39 is 17.4 Å². The van der Waals surface area contributed by atoms with E-state index in [-0.39, 0.29) is 19.8 Å². The molecule has 1 aliphatic rings. The summed E-state index contributed by atoms with van der Waals surface area (Å²) < 4.78 is 21.1. The molecule has 3 rings (SSSR count). The number of benzene rings is 2. The molecule has 0 aliphatic carbocycles. The van der Waals surface area contributed by atoms with Crippen molar-refractivity contribution in [1.82, 2.24) is 0 Å². The van der Waals surface area contributed by atoms with Gasteiger partial charge in [-0.3, -0.25) is 10.1 Å². The first kappa shape index (κ1) is 22.1. The molecule has 0 N–H and O–H groups in total. The van der Waals surface area contributed by atoms with Crippen LogP contribution in [0.2, 0.25) is 0 Å². The summed E-state index contributed by atoms with van der Waals surface area (Å²) >= 11 is 0. The normalized spacial score (nSPS) is 12.8. The maximum Gasteiger partial charge on any atom is 0.334 e. The Morgan fingerprint density at radius 1 is 1.10 bits per heavy atom. The van der Waals surface area contributed by atoms with Gasteiger partial charge in [0, 0.05) is 22.5 Å². The third-order valence-corrected chi connectivity index (χ3v) is 4.95. The summed E-state index contributed by atoms with van der Waals surface area (Å²) in [6.45, 7) is 1.61. The molecule has 0 radical (unpaired) electrons. The predicted molar refractivity (Wildman–Crippen MR) is 113 cm³/mol. The van der Waals surface area contributed by atoms with Crippen molar-refractivity contribution in [1.29, 1.82) is 0 Å². The molecule has 2 aromatic carbocycles. The lowest BCUT2D eigenvalue weighted by molar-refractivity contribution is -0.471. The van der Waals surface area contributed by atoms with Gasteiger partial charge in [0.25, 0.3) is 0 Å². The van der Waals surface area contributed by atoms with Crippen LogP contribution in [0.4, 0.5) is 0 Å². The van der Waals surface area contributed by atoms with Gasteiger partial charge < -0.3 is 18.9 Å². The first-order valence-corrected chi connectivity index (χ1v) is 10.0. The van der Waals surface area contributed by atoms with E-state index >= 15 is 0 Å². The fraction of sp³-hybridized carbons (Fsp3) is 0.348. The van der Waals surface area contributed by atoms with Crippen LogP contribution in [0, 0.1) is 10.1 Å². The molecule has 1 heterocycles. The molecule has 31 heavy (non-hydrogen) atoms. The highest BCUT2D eigenvalue weighted by Crippen LogP contribution is 2.33. The van der Waals surface area contributed by atoms with E-state index in [1.165, 1.54) is 0 Å². The zero-order valence-corrected chi connectivity index (χ0v) is 17.6. The van der Waals surface area contributed by atoms with Gasteiger partial charge in [0.1, 0.15) is 5.75 Å². The minimum atomic E-state index is -0.520. The van der Waals surface area contributed by atoms with Gasteiger partial charge in [0.05, 0.1) is 13.7 Å². The van der Waals surface area contributed by atoms with E-state index in [0.717, 1.165) is 16.9 Å². The van der Waals surface area contributed by atoms with E-state index in [1.54, 1.807) is 26.2 Å². The van der Waals surface area contributed by atoms with E-state index in [0.29, 0.717) is 35.5 Å². The Morgan fingerprint density at radius 2 is 1.81 bits per heavy atom. The maximum atomic E-state index is 12.7. The molecule has 1 aliphatic heterocycles. The second kappa shape index (κ2) is 10.5. The summed E-state index contributed by atoms with van der Waals surface area (Å²) in [5.74, 6) is 1.44. The molecule has 0 bridgehead atoms. The summed E-state index contributed by atoms with van der Waals surface area (Å²) in [5, 5.41) is 11.4. The van der Waals surface area contributed by atoms with Gasteiger partial charge in [-0.25, -0.2) is 4.79 Å². The van der Waals surface area contributed by atoms with Crippen LogP contribution < -0.4 is 14.2 Å². The van der Waals surface area contributed by atoms with Crippen LogP contribution >= 0.6 is 0 Å². The van der Waals surface area contributed by atoms with Crippen molar-refractivity contribution in [2.75, 3.05) is 27.1 Å². The van der Waals surface area contributed by atoms with Crippen molar-refractivity contribution in [2.45, 2.75) is 26.2 Å². The monoisotopic (exact) mass is 427 g/mol. The number of carbonyl (C=O) groups excluding carboxylic acids is 1. The van der Waals surface area contributed by atoms with Crippen molar-refractivity contribution in [3.63, 3.8) is 0 Å². The molecule has 2 aromatic rings. The number of nitro groups is 1. The summed E-state index contributed by atoms with van der Waals surface area (Å²) in [4.78, 5) is 23.7. The minimum Gasteiger partial charge on any atom is -0.497 e. The number of hydrogen-bond acceptors (Lipinski definition) is 7. The highest BCUT2D eigenvalue weighted by Gasteiger charge is 2.22. The van der Waals surface area contributed by atoms with Gasteiger partial charge in [-0.15, -0.1) is 0 Å². The van der Waals surface area contributed by atoms with Crippen LogP contribution in [-0.4, -0.2) is 37.9 Å². The minimum absolute atomic E-state index is 0.145. The molecule has 0 unspecified atom stereocenters. The van der Waals surface area contributed by atoms with E-state index in [9.17, 15) is 14.9 Å². The number of ether oxygens (including phenoxy) is 4. The van der Waals surface area contributed by atoms with Gasteiger partial charge in [-0.1, -0.05) is 18.2 Å². The first-order chi connectivity index (χ1) is 15.0. The van der Waals surface area contributed by atoms with E-state index in [1.807, 2.05) is 30.3 Å². The molecular formula is C23H25NO7. The third-order valence-electron chi connectivity index (χ3n) is 4.95. The highest BCUT2D eigenvalue weighted by atomic mass is 16.7. The van der Waals surface area contributed by atoms with Gasteiger partial charge >= 0.3 is 5.97 Å². The van der Waals surface area contributed by atoms with E-state index in [4.69, 9.17) is 18.9 Å². The number of methoxy groups -OCH3 is 1. The highest BCUT2D eigenvalue weighted by molar-refractivity contribution is 5.89. The summed E-state index contributed by atoms with van der Waals surface area (Å²) in [7, 11) is 1.59. The van der Waals surface area contributed by atoms with Crippen LogP contribution in [0.15, 0.2) is 53.6 Å². The number of fused-ring (bicyclic) bond motifs is 1. The molecule has 0 spiro atoms. The molecule has 0 saturated heterocycles. The smallest absolute Gasteiger partial charge is 0.334 e. The molecule has 8 heteroatoms. The fourth-order valence-corrected chi connectivity index (χ4v) is 3.41. The zero-order chi connectivity index (χ0) is 22.2. The lowest BCUT2D eigenvalue weighted by Crippen LogP contribution is -2.17. The summed E-state index contributed by atoms with van der Waals surface area (Å²) in [6, 6.07) is 12.9. The van der Waals surface area contributed by atoms with Gasteiger partial charge in [-0.05, 0) is 55.2 Å². The Morgan fingerprint density at radius 3 is 2.48 bits per heavy atom. The third kappa shape index (κ3) is 5.97. The van der Waals surface area contributed by atoms with Crippen LogP contribution in [0.5, 0.6) is 17.2 Å². The molecule has 164 valence electrons. The van der Waals surface area contributed by atoms with Crippen LogP contribution in [0.3, 0.4) is 0 Å². The molecular weight excluding hydrogens is 402 g/mol. The number of hydrogen-bond donors (Lipinski definition) is 0. The largest absolute Gasteiger partial charge is 0.497 e. The van der Waals surface area contributed by atoms with Crippen molar-refractivity contribution >= 4 is 5.97 Å². The lowest BCUT2D eigenvalue weighted by Gasteiger charge is -2.13. The van der Waals surface area contributed by atoms with Crippen LogP contribution in [-0.2, 0) is 22.4 Å². The van der Waals surface area contributed by atoms with Gasteiger partial charge in [0.15, 0.2) is 11.5 Å². The molecule has 0 saturated carbocycles. The van der Waals surface area contributed by atoms with Crippen molar-refractivity contribution < 1.29 is 28.7 Å². The van der Waals surface area contributed by atoms with Crippen LogP contribution in [0.25, 0.3) is 0 Å². The molecule has 0 atom stereocenters. The Hall–Kier alpha value is -3.55. The Balaban J connectivity index is 1.88. The second-order valence-electron chi connectivity index (χ2n) is 7.01. The average molecular weight is 427 g/mol. The molecule has 0 amide bonds. The van der Waals surface area contributed by atoms with Crippen LogP contribution in [0.1, 0.15) is 24.5 Å². The number of rotatable bonds is 10. The maximum absolute atomic E-state index is 12.7. The van der Waals surface area contributed by atoms with Gasteiger partial charge in [0.2, 0.25) is 13.3 Å². The molecule has 0 fully saturated rings. The molecule has 8 nitrogen and oxygen atoms in total. The number of carbonyl (C=O) groups is 1. The topological polar surface area (TPSA) is 97.1 Å². The predicted octanol–water partition coefficient (Wildman–Crippen LogP) is 3.74. The quantitative estimate of drug-likeness (QED) is 0.247. The number of nitrogens with zero attached hydrogens (tertiary/aromatic N) is 1. The zero-order valence-electron chi connectivity index (χ0n) is 17.6. The SMILES string of the molecule is CCOC(=O)C(CCc1ccc(OC)cc1)=C(Cc1ccc2c(c1)OCO2)C[N+](=O)[O-]. The summed E-state index contributed by atoms with van der Waals surface area (Å²) in [5.41, 5.74) is 2.56. The number of esters is 1. The standard InChI is InChI=1S/C23H25NO7/c1-3-29-23(25)20(10-6-16-4-8-19(28-2)9-5-16)18(14-24(26)27)12-17-7-11-21-22(13-17)31-15-30-21/h4-5,7-9,11,13H,3,6,10,12,14-15H2,1-2H3. The fourth-order valence-electron chi connectivity index (χ4n) is 3.41. The van der Waals surface area contributed by atoms with Gasteiger partial charge in [-0.2, -0.15) is 0 Å². The van der Waals surface area contributed by atoms with E-state index in [2.05, 4.69) is 0 Å². The first-order valence-electron chi connectivity index (χ1n) is 10.0. The molecule has 0 aromatic heterocycles. The summed E-state index contributed by atoms with van der Waals surface area (Å²) in [6.07, 6.45) is 1.12. The average Bonchev–Trinajstić information content (AvgIpc) is 3.22. The Kier molecular flexibility index (Phi) is 7.48. The number of aryl methyl sites for hydroxylation is 1. The Labute approximate surface area is 180 Å². The van der Waals surface area contributed by atoms with Crippen molar-refractivity contribution in [3.05, 3.63) is 74.9 Å².